The summed E-state index contributed by atoms with van der Waals surface area (Å²) in [7, 11) is 1.91. The van der Waals surface area contributed by atoms with Crippen molar-refractivity contribution in [1.82, 2.24) is 29.5 Å². The Morgan fingerprint density at radius 1 is 1.29 bits per heavy atom. The molecule has 3 aromatic heterocycles. The van der Waals surface area contributed by atoms with Crippen LogP contribution in [0.15, 0.2) is 39.8 Å². The van der Waals surface area contributed by atoms with E-state index in [-0.39, 0.29) is 23.3 Å². The number of hydrogen-bond acceptors (Lipinski definition) is 6. The van der Waals surface area contributed by atoms with E-state index in [1.807, 2.05) is 41.5 Å². The number of fused-ring (bicyclic) bond motifs is 4. The third kappa shape index (κ3) is 3.83. The van der Waals surface area contributed by atoms with Gasteiger partial charge in [0, 0.05) is 50.3 Å². The van der Waals surface area contributed by atoms with Gasteiger partial charge in [-0.1, -0.05) is 6.07 Å². The summed E-state index contributed by atoms with van der Waals surface area (Å²) in [6, 6.07) is 6.87. The highest BCUT2D eigenvalue weighted by molar-refractivity contribution is 7.07. The fourth-order valence-electron chi connectivity index (χ4n) is 5.07. The summed E-state index contributed by atoms with van der Waals surface area (Å²) in [6.45, 7) is 4.65. The molecule has 1 saturated heterocycles. The average molecular weight is 439 g/mol. The minimum atomic E-state index is -0.498. The van der Waals surface area contributed by atoms with Gasteiger partial charge >= 0.3 is 0 Å². The van der Waals surface area contributed by atoms with E-state index >= 15 is 0 Å². The molecule has 0 aliphatic carbocycles. The number of piperidine rings is 1. The monoisotopic (exact) mass is 438 g/mol. The molecule has 9 heteroatoms. The molecule has 162 valence electrons. The highest BCUT2D eigenvalue weighted by Gasteiger charge is 2.43. The molecule has 8 nitrogen and oxygen atoms in total. The van der Waals surface area contributed by atoms with Gasteiger partial charge in [-0.2, -0.15) is 16.4 Å². The molecule has 5 heterocycles. The Labute approximate surface area is 184 Å². The van der Waals surface area contributed by atoms with Crippen LogP contribution in [0, 0.1) is 12.8 Å². The molecule has 5 rings (SSSR count). The Balaban J connectivity index is 1.43. The molecule has 1 N–H and O–H groups in total. The first-order valence-electron chi connectivity index (χ1n) is 10.6. The smallest absolute Gasteiger partial charge is 0.251 e. The Morgan fingerprint density at radius 2 is 2.16 bits per heavy atom. The van der Waals surface area contributed by atoms with Crippen LogP contribution >= 0.6 is 11.3 Å². The van der Waals surface area contributed by atoms with Crippen molar-refractivity contribution < 1.29 is 4.79 Å². The minimum absolute atomic E-state index is 0.0724. The lowest BCUT2D eigenvalue weighted by atomic mass is 9.78. The third-order valence-corrected chi connectivity index (χ3v) is 7.09. The predicted molar refractivity (Wildman–Crippen MR) is 118 cm³/mol. The number of nitrogens with one attached hydrogen (secondary N) is 1. The van der Waals surface area contributed by atoms with E-state index in [9.17, 15) is 9.59 Å². The third-order valence-electron chi connectivity index (χ3n) is 6.36. The quantitative estimate of drug-likeness (QED) is 0.657. The van der Waals surface area contributed by atoms with Crippen molar-refractivity contribution in [2.45, 2.75) is 38.4 Å². The highest BCUT2D eigenvalue weighted by atomic mass is 32.1. The Bertz CT molecular complexity index is 1150. The maximum absolute atomic E-state index is 13.3. The molecule has 31 heavy (non-hydrogen) atoms. The molecule has 0 aromatic carbocycles. The zero-order valence-electron chi connectivity index (χ0n) is 17.7. The number of likely N-dealkylation sites (tertiary alicyclic amines) is 1. The summed E-state index contributed by atoms with van der Waals surface area (Å²) in [4.78, 5) is 33.0. The number of carbonyl (C=O) groups excluding carboxylic acids is 1. The van der Waals surface area contributed by atoms with E-state index in [1.165, 1.54) is 0 Å². The van der Waals surface area contributed by atoms with E-state index in [0.29, 0.717) is 13.1 Å². The molecule has 2 aliphatic rings. The maximum Gasteiger partial charge on any atom is 0.251 e. The SMILES string of the molecule is Cc1nc(CN2C[C@H]3C[C@@H](C2)[C@H](C(=O)NCc2ccsc2)n2c3cccc2=O)n(C)n1. The number of rotatable bonds is 5. The van der Waals surface area contributed by atoms with Crippen molar-refractivity contribution >= 4 is 17.2 Å². The molecule has 0 radical (unpaired) electrons. The average Bonchev–Trinajstić information content (AvgIpc) is 3.36. The molecular formula is C22H26N6O2S. The predicted octanol–water partition coefficient (Wildman–Crippen LogP) is 1.82. The van der Waals surface area contributed by atoms with E-state index in [0.717, 1.165) is 42.4 Å². The number of hydrogen-bond donors (Lipinski definition) is 1. The van der Waals surface area contributed by atoms with E-state index in [2.05, 4.69) is 20.3 Å². The zero-order chi connectivity index (χ0) is 21.5. The van der Waals surface area contributed by atoms with Crippen molar-refractivity contribution in [3.05, 3.63) is 68.3 Å². The summed E-state index contributed by atoms with van der Waals surface area (Å²) in [6.07, 6.45) is 0.911. The number of amides is 1. The lowest BCUT2D eigenvalue weighted by Crippen LogP contribution is -2.53. The first-order valence-corrected chi connectivity index (χ1v) is 11.5. The largest absolute Gasteiger partial charge is 0.350 e. The summed E-state index contributed by atoms with van der Waals surface area (Å²) in [5, 5.41) is 11.5. The number of aromatic nitrogens is 4. The first-order chi connectivity index (χ1) is 15.0. The lowest BCUT2D eigenvalue weighted by Gasteiger charge is -2.46. The van der Waals surface area contributed by atoms with Gasteiger partial charge in [-0.3, -0.25) is 23.7 Å². The molecule has 0 saturated carbocycles. The number of aryl methyl sites for hydroxylation is 2. The van der Waals surface area contributed by atoms with Crippen molar-refractivity contribution in [2.75, 3.05) is 13.1 Å². The molecule has 2 aliphatic heterocycles. The van der Waals surface area contributed by atoms with Crippen molar-refractivity contribution in [3.63, 3.8) is 0 Å². The second kappa shape index (κ2) is 8.05. The topological polar surface area (TPSA) is 85.0 Å². The summed E-state index contributed by atoms with van der Waals surface area (Å²) in [5.41, 5.74) is 1.94. The van der Waals surface area contributed by atoms with E-state index in [1.54, 1.807) is 28.0 Å². The van der Waals surface area contributed by atoms with Gasteiger partial charge in [-0.05, 0) is 41.8 Å². The van der Waals surface area contributed by atoms with Gasteiger partial charge in [0.05, 0.1) is 6.54 Å². The highest BCUT2D eigenvalue weighted by Crippen LogP contribution is 2.41. The standard InChI is InChI=1S/C22H26N6O2S/c1-14-24-19(26(2)25-14)12-27-10-16-8-17(11-27)21(28-18(16)4-3-5-20(28)29)22(30)23-9-15-6-7-31-13-15/h3-7,13,16-17,21H,8-12H2,1-2H3,(H,23,30)/t16-,17+,21-/m1/s1. The summed E-state index contributed by atoms with van der Waals surface area (Å²) < 4.78 is 3.56. The van der Waals surface area contributed by atoms with Crippen molar-refractivity contribution in [2.24, 2.45) is 13.0 Å². The molecular weight excluding hydrogens is 412 g/mol. The van der Waals surface area contributed by atoms with Gasteiger partial charge in [0.15, 0.2) is 0 Å². The number of thiophene rings is 1. The van der Waals surface area contributed by atoms with Crippen LogP contribution in [0.5, 0.6) is 0 Å². The van der Waals surface area contributed by atoms with E-state index in [4.69, 9.17) is 0 Å². The van der Waals surface area contributed by atoms with Crippen LogP contribution in [0.3, 0.4) is 0 Å². The van der Waals surface area contributed by atoms with Crippen LogP contribution in [0.1, 0.15) is 41.3 Å². The summed E-state index contributed by atoms with van der Waals surface area (Å²) >= 11 is 1.61. The number of pyridine rings is 1. The Hall–Kier alpha value is -2.78. The minimum Gasteiger partial charge on any atom is -0.350 e. The molecule has 3 aromatic rings. The lowest BCUT2D eigenvalue weighted by molar-refractivity contribution is -0.128. The molecule has 0 unspecified atom stereocenters. The van der Waals surface area contributed by atoms with Crippen molar-refractivity contribution in [3.8, 4) is 0 Å². The van der Waals surface area contributed by atoms with Crippen LogP contribution in [-0.4, -0.2) is 43.2 Å². The van der Waals surface area contributed by atoms with Gasteiger partial charge in [-0.15, -0.1) is 0 Å². The normalized spacial score (nSPS) is 22.8. The molecule has 2 bridgehead atoms. The van der Waals surface area contributed by atoms with Gasteiger partial charge in [0.2, 0.25) is 5.91 Å². The van der Waals surface area contributed by atoms with Crippen LogP contribution in [0.2, 0.25) is 0 Å². The van der Waals surface area contributed by atoms with Crippen LogP contribution < -0.4 is 10.9 Å². The fraction of sp³-hybridized carbons (Fsp3) is 0.455. The number of carbonyl (C=O) groups is 1. The zero-order valence-corrected chi connectivity index (χ0v) is 18.5. The Morgan fingerprint density at radius 3 is 2.90 bits per heavy atom. The van der Waals surface area contributed by atoms with Crippen LogP contribution in [0.4, 0.5) is 0 Å². The van der Waals surface area contributed by atoms with E-state index < -0.39 is 6.04 Å². The molecule has 1 amide bonds. The number of nitrogens with zero attached hydrogens (tertiary/aromatic N) is 5. The van der Waals surface area contributed by atoms with Gasteiger partial charge < -0.3 is 5.32 Å². The van der Waals surface area contributed by atoms with Crippen LogP contribution in [0.25, 0.3) is 0 Å². The summed E-state index contributed by atoms with van der Waals surface area (Å²) in [5.74, 6) is 1.89. The molecule has 3 atom stereocenters. The van der Waals surface area contributed by atoms with Crippen LogP contribution in [-0.2, 0) is 24.9 Å². The molecule has 0 spiro atoms. The Kier molecular flexibility index (Phi) is 5.23. The maximum atomic E-state index is 13.3. The van der Waals surface area contributed by atoms with Gasteiger partial charge in [-0.25, -0.2) is 4.98 Å². The van der Waals surface area contributed by atoms with Crippen molar-refractivity contribution in [1.29, 1.82) is 0 Å². The molecule has 1 fully saturated rings. The fourth-order valence-corrected chi connectivity index (χ4v) is 5.74. The second-order valence-electron chi connectivity index (χ2n) is 8.54. The van der Waals surface area contributed by atoms with Gasteiger partial charge in [0.25, 0.3) is 5.56 Å². The second-order valence-corrected chi connectivity index (χ2v) is 9.32. The van der Waals surface area contributed by atoms with Gasteiger partial charge in [0.1, 0.15) is 17.7 Å². The first kappa shape index (κ1) is 20.1.